The molecule has 8 nitrogen and oxygen atoms in total. The molecule has 1 heterocycles. The van der Waals surface area contributed by atoms with E-state index in [-0.39, 0.29) is 10.6 Å². The number of hydrogen-bond donors (Lipinski definition) is 3. The molecule has 0 saturated heterocycles. The number of rotatable bonds is 11. The first kappa shape index (κ1) is 26.3. The van der Waals surface area contributed by atoms with Gasteiger partial charge in [0.15, 0.2) is 0 Å². The van der Waals surface area contributed by atoms with Gasteiger partial charge in [-0.25, -0.2) is 4.98 Å². The lowest BCUT2D eigenvalue weighted by molar-refractivity contribution is 0.479. The number of aromatic nitrogens is 2. The Morgan fingerprint density at radius 3 is 2.17 bits per heavy atom. The standard InChI is InChI=1S/C14H26N2O3S.C6H6O3S/c1-3-5-6-8-12(4-2)13-11-15-14(16-13)9-7-10-20(17,18)19;7-10(8,9)6-4-2-1-3-5-6/h11-12H,3-10H2,1-2H3,(H,15,16)(H,17,18,19);1-5H,(H,7,8,9). The molecule has 1 aromatic heterocycles. The zero-order valence-electron chi connectivity index (χ0n) is 17.5. The molecule has 0 fully saturated rings. The fraction of sp³-hybridized carbons (Fsp3) is 0.550. The maximum absolute atomic E-state index is 10.7. The van der Waals surface area contributed by atoms with Crippen LogP contribution in [0.25, 0.3) is 0 Å². The molecule has 0 radical (unpaired) electrons. The van der Waals surface area contributed by atoms with Crippen LogP contribution in [0, 0.1) is 0 Å². The molecule has 170 valence electrons. The van der Waals surface area contributed by atoms with Crippen molar-refractivity contribution in [3.05, 3.63) is 48.0 Å². The minimum Gasteiger partial charge on any atom is -0.348 e. The fourth-order valence-electron chi connectivity index (χ4n) is 2.93. The number of nitrogens with zero attached hydrogens (tertiary/aromatic N) is 1. The maximum Gasteiger partial charge on any atom is 0.294 e. The number of nitrogens with one attached hydrogen (secondary N) is 1. The van der Waals surface area contributed by atoms with E-state index in [4.69, 9.17) is 9.11 Å². The molecule has 0 spiro atoms. The van der Waals surface area contributed by atoms with Crippen molar-refractivity contribution in [2.45, 2.75) is 69.6 Å². The summed E-state index contributed by atoms with van der Waals surface area (Å²) in [6.07, 6.45) is 8.78. The van der Waals surface area contributed by atoms with Crippen molar-refractivity contribution < 1.29 is 25.9 Å². The van der Waals surface area contributed by atoms with E-state index < -0.39 is 20.2 Å². The summed E-state index contributed by atoms with van der Waals surface area (Å²) in [6.45, 7) is 4.37. The average Bonchev–Trinajstić information content (AvgIpc) is 3.13. The van der Waals surface area contributed by atoms with Gasteiger partial charge in [-0.05, 0) is 31.4 Å². The number of benzene rings is 1. The number of imidazole rings is 1. The van der Waals surface area contributed by atoms with Crippen LogP contribution in [0.15, 0.2) is 41.4 Å². The summed E-state index contributed by atoms with van der Waals surface area (Å²) in [6, 6.07) is 7.42. The second-order valence-electron chi connectivity index (χ2n) is 7.05. The van der Waals surface area contributed by atoms with Crippen LogP contribution in [-0.2, 0) is 26.7 Å². The SMILES string of the molecule is CCCCCC(CC)c1c[nH]c(CCCS(=O)(=O)O)n1.O=S(=O)(O)c1ccccc1. The van der Waals surface area contributed by atoms with Crippen molar-refractivity contribution in [3.63, 3.8) is 0 Å². The predicted octanol–water partition coefficient (Wildman–Crippen LogP) is 4.24. The van der Waals surface area contributed by atoms with E-state index in [0.717, 1.165) is 24.4 Å². The average molecular weight is 461 g/mol. The van der Waals surface area contributed by atoms with Gasteiger partial charge in [-0.3, -0.25) is 9.11 Å². The molecular weight excluding hydrogens is 428 g/mol. The Bertz CT molecular complexity index is 941. The summed E-state index contributed by atoms with van der Waals surface area (Å²) in [4.78, 5) is 7.58. The van der Waals surface area contributed by atoms with Gasteiger partial charge in [0.25, 0.3) is 20.2 Å². The monoisotopic (exact) mass is 460 g/mol. The van der Waals surface area contributed by atoms with E-state index in [2.05, 4.69) is 23.8 Å². The molecule has 2 aromatic rings. The molecule has 1 atom stereocenters. The number of unbranched alkanes of at least 4 members (excludes halogenated alkanes) is 2. The highest BCUT2D eigenvalue weighted by Crippen LogP contribution is 2.24. The lowest BCUT2D eigenvalue weighted by Gasteiger charge is -2.11. The Morgan fingerprint density at radius 2 is 1.67 bits per heavy atom. The van der Waals surface area contributed by atoms with Crippen LogP contribution in [0.5, 0.6) is 0 Å². The van der Waals surface area contributed by atoms with Crippen molar-refractivity contribution in [2.75, 3.05) is 5.75 Å². The summed E-state index contributed by atoms with van der Waals surface area (Å²) in [5.74, 6) is 1.07. The third kappa shape index (κ3) is 10.9. The number of aromatic amines is 1. The van der Waals surface area contributed by atoms with Crippen LogP contribution in [0.4, 0.5) is 0 Å². The molecule has 3 N–H and O–H groups in total. The van der Waals surface area contributed by atoms with Crippen molar-refractivity contribution in [2.24, 2.45) is 0 Å². The van der Waals surface area contributed by atoms with Gasteiger partial charge < -0.3 is 4.98 Å². The third-order valence-corrected chi connectivity index (χ3v) is 6.25. The van der Waals surface area contributed by atoms with Crippen molar-refractivity contribution in [3.8, 4) is 0 Å². The molecule has 10 heteroatoms. The van der Waals surface area contributed by atoms with E-state index in [1.165, 1.54) is 31.4 Å². The quantitative estimate of drug-likeness (QED) is 0.337. The Balaban J connectivity index is 0.000000375. The number of aryl methyl sites for hydroxylation is 1. The van der Waals surface area contributed by atoms with Gasteiger partial charge in [0, 0.05) is 18.5 Å². The Labute approximate surface area is 179 Å². The van der Waals surface area contributed by atoms with Gasteiger partial charge >= 0.3 is 0 Å². The number of hydrogen-bond acceptors (Lipinski definition) is 5. The largest absolute Gasteiger partial charge is 0.348 e. The first-order chi connectivity index (χ1) is 14.1. The van der Waals surface area contributed by atoms with E-state index in [1.807, 2.05) is 6.20 Å². The second-order valence-corrected chi connectivity index (χ2v) is 10.0. The third-order valence-electron chi connectivity index (χ3n) is 4.57. The van der Waals surface area contributed by atoms with Gasteiger partial charge in [0.2, 0.25) is 0 Å². The minimum atomic E-state index is -4.00. The summed E-state index contributed by atoms with van der Waals surface area (Å²) >= 11 is 0. The smallest absolute Gasteiger partial charge is 0.294 e. The highest BCUT2D eigenvalue weighted by Gasteiger charge is 2.13. The molecule has 0 aliphatic rings. The highest BCUT2D eigenvalue weighted by molar-refractivity contribution is 7.86. The Kier molecular flexibility index (Phi) is 11.2. The van der Waals surface area contributed by atoms with Crippen molar-refractivity contribution in [1.29, 1.82) is 0 Å². The molecule has 1 unspecified atom stereocenters. The van der Waals surface area contributed by atoms with E-state index in [9.17, 15) is 16.8 Å². The number of H-pyrrole nitrogens is 1. The van der Waals surface area contributed by atoms with E-state index in [0.29, 0.717) is 18.8 Å². The molecule has 1 aromatic carbocycles. The molecule has 0 bridgehead atoms. The van der Waals surface area contributed by atoms with Gasteiger partial charge in [-0.1, -0.05) is 51.3 Å². The van der Waals surface area contributed by atoms with Crippen molar-refractivity contribution in [1.82, 2.24) is 9.97 Å². The zero-order valence-corrected chi connectivity index (χ0v) is 19.1. The Morgan fingerprint density at radius 1 is 1.00 bits per heavy atom. The van der Waals surface area contributed by atoms with Gasteiger partial charge in [-0.2, -0.15) is 16.8 Å². The normalized spacial score (nSPS) is 12.8. The van der Waals surface area contributed by atoms with Crippen LogP contribution in [0.3, 0.4) is 0 Å². The van der Waals surface area contributed by atoms with Gasteiger partial charge in [0.1, 0.15) is 5.82 Å². The topological polar surface area (TPSA) is 137 Å². The van der Waals surface area contributed by atoms with Gasteiger partial charge in [0.05, 0.1) is 16.3 Å². The van der Waals surface area contributed by atoms with Crippen LogP contribution in [-0.4, -0.2) is 41.7 Å². The first-order valence-electron chi connectivity index (χ1n) is 10.1. The van der Waals surface area contributed by atoms with E-state index >= 15 is 0 Å². The molecular formula is C20H32N2O6S2. The Hall–Kier alpha value is -1.75. The van der Waals surface area contributed by atoms with Gasteiger partial charge in [-0.15, -0.1) is 0 Å². The minimum absolute atomic E-state index is 0.0741. The zero-order chi connectivity index (χ0) is 22.6. The van der Waals surface area contributed by atoms with Crippen LogP contribution < -0.4 is 0 Å². The lowest BCUT2D eigenvalue weighted by Crippen LogP contribution is -2.05. The highest BCUT2D eigenvalue weighted by atomic mass is 32.2. The second kappa shape index (κ2) is 12.8. The summed E-state index contributed by atoms with van der Waals surface area (Å²) in [7, 11) is -7.87. The van der Waals surface area contributed by atoms with Crippen LogP contribution in [0.2, 0.25) is 0 Å². The molecule has 0 saturated carbocycles. The lowest BCUT2D eigenvalue weighted by atomic mass is 9.96. The predicted molar refractivity (Wildman–Crippen MR) is 117 cm³/mol. The summed E-state index contributed by atoms with van der Waals surface area (Å²) < 4.78 is 59.2. The van der Waals surface area contributed by atoms with Crippen molar-refractivity contribution >= 4 is 20.2 Å². The maximum atomic E-state index is 10.7. The molecule has 0 aliphatic heterocycles. The van der Waals surface area contributed by atoms with E-state index in [1.54, 1.807) is 18.2 Å². The first-order valence-corrected chi connectivity index (χ1v) is 13.1. The summed E-state index contributed by atoms with van der Waals surface area (Å²) in [5, 5.41) is 0. The van der Waals surface area contributed by atoms with Crippen LogP contribution >= 0.6 is 0 Å². The summed E-state index contributed by atoms with van der Waals surface area (Å²) in [5.41, 5.74) is 1.07. The fourth-order valence-corrected chi connectivity index (χ4v) is 3.94. The molecule has 2 rings (SSSR count). The molecule has 0 amide bonds. The molecule has 30 heavy (non-hydrogen) atoms. The molecule has 0 aliphatic carbocycles. The van der Waals surface area contributed by atoms with Crippen LogP contribution in [0.1, 0.15) is 69.8 Å².